The summed E-state index contributed by atoms with van der Waals surface area (Å²) in [7, 11) is 0. The molecule has 3 saturated carbocycles. The first-order valence-electron chi connectivity index (χ1n) is 17.0. The number of fused-ring (bicyclic) bond motifs is 3. The van der Waals surface area contributed by atoms with Crippen LogP contribution in [0.25, 0.3) is 0 Å². The molecular formula is C35H49NO10. The first-order chi connectivity index (χ1) is 22.0. The lowest BCUT2D eigenvalue weighted by Crippen LogP contribution is -2.64. The minimum absolute atomic E-state index is 0.00976. The van der Waals surface area contributed by atoms with Gasteiger partial charge in [0.15, 0.2) is 5.78 Å². The van der Waals surface area contributed by atoms with Crippen molar-refractivity contribution in [3.05, 3.63) is 35.3 Å². The summed E-state index contributed by atoms with van der Waals surface area (Å²) < 4.78 is 23.9. The van der Waals surface area contributed by atoms with Gasteiger partial charge in [0.1, 0.15) is 24.2 Å². The van der Waals surface area contributed by atoms with Gasteiger partial charge in [-0.05, 0) is 93.2 Å². The number of hydrogen-bond donors (Lipinski definition) is 4. The Hall–Kier alpha value is -2.73. The van der Waals surface area contributed by atoms with E-state index in [0.29, 0.717) is 50.2 Å². The fourth-order valence-electron chi connectivity index (χ4n) is 10.1. The Bertz CT molecular complexity index is 1320. The highest BCUT2D eigenvalue weighted by Crippen LogP contribution is 2.64. The molecular weight excluding hydrogens is 594 g/mol. The van der Waals surface area contributed by atoms with Gasteiger partial charge in [0.05, 0.1) is 38.4 Å². The van der Waals surface area contributed by atoms with E-state index in [-0.39, 0.29) is 48.0 Å². The molecule has 1 saturated heterocycles. The van der Waals surface area contributed by atoms with E-state index in [2.05, 4.69) is 19.2 Å². The number of carbonyl (C=O) groups excluding carboxylic acids is 1. The normalized spacial score (nSPS) is 37.5. The van der Waals surface area contributed by atoms with Crippen molar-refractivity contribution in [2.24, 2.45) is 52.8 Å². The molecule has 11 atom stereocenters. The first kappa shape index (κ1) is 33.2. The van der Waals surface area contributed by atoms with Gasteiger partial charge < -0.3 is 39.3 Å². The van der Waals surface area contributed by atoms with Crippen LogP contribution in [0.3, 0.4) is 0 Å². The third-order valence-electron chi connectivity index (χ3n) is 11.7. The second kappa shape index (κ2) is 13.4. The number of aliphatic hydroxyl groups is 1. The fraction of sp³-hybridized carbons (Fsp3) is 0.743. The lowest BCUT2D eigenvalue weighted by atomic mass is 9.45. The molecule has 4 fully saturated rings. The molecule has 0 amide bonds. The van der Waals surface area contributed by atoms with E-state index in [1.54, 1.807) is 12.1 Å². The van der Waals surface area contributed by atoms with Gasteiger partial charge in [0, 0.05) is 23.3 Å². The molecule has 4 aliphatic carbocycles. The predicted molar refractivity (Wildman–Crippen MR) is 165 cm³/mol. The molecule has 11 nitrogen and oxygen atoms in total. The van der Waals surface area contributed by atoms with Crippen LogP contribution >= 0.6 is 0 Å². The van der Waals surface area contributed by atoms with Crippen molar-refractivity contribution in [2.75, 3.05) is 19.8 Å². The van der Waals surface area contributed by atoms with E-state index < -0.39 is 41.6 Å². The highest BCUT2D eigenvalue weighted by atomic mass is 16.7. The Kier molecular flexibility index (Phi) is 9.67. The van der Waals surface area contributed by atoms with Crippen molar-refractivity contribution < 1.29 is 48.3 Å². The van der Waals surface area contributed by atoms with E-state index in [1.807, 2.05) is 13.0 Å². The molecule has 254 valence electrons. The van der Waals surface area contributed by atoms with Crippen molar-refractivity contribution in [3.8, 4) is 0 Å². The number of carboxylic acids is 1. The van der Waals surface area contributed by atoms with Gasteiger partial charge in [-0.3, -0.25) is 9.59 Å². The predicted octanol–water partition coefficient (Wildman–Crippen LogP) is 4.66. The molecule has 1 aromatic heterocycles. The van der Waals surface area contributed by atoms with E-state index in [4.69, 9.17) is 18.6 Å². The van der Waals surface area contributed by atoms with E-state index >= 15 is 0 Å². The van der Waals surface area contributed by atoms with Gasteiger partial charge in [0.25, 0.3) is 0 Å². The van der Waals surface area contributed by atoms with E-state index in [0.717, 1.165) is 37.7 Å². The smallest absolute Gasteiger partial charge is 0.481 e. The van der Waals surface area contributed by atoms with E-state index in [9.17, 15) is 29.7 Å². The van der Waals surface area contributed by atoms with Crippen molar-refractivity contribution in [2.45, 2.75) is 90.7 Å². The summed E-state index contributed by atoms with van der Waals surface area (Å²) in [6.07, 6.45) is 3.72. The Morgan fingerprint density at radius 3 is 2.57 bits per heavy atom. The Morgan fingerprint density at radius 2 is 1.87 bits per heavy atom. The van der Waals surface area contributed by atoms with Gasteiger partial charge in [-0.1, -0.05) is 19.4 Å². The van der Waals surface area contributed by atoms with E-state index in [1.165, 1.54) is 0 Å². The van der Waals surface area contributed by atoms with Gasteiger partial charge in [0.2, 0.25) is 0 Å². The number of furan rings is 1. The number of ketones is 1. The monoisotopic (exact) mass is 643 g/mol. The van der Waals surface area contributed by atoms with Crippen LogP contribution in [0.15, 0.2) is 28.2 Å². The van der Waals surface area contributed by atoms with Crippen molar-refractivity contribution in [1.82, 2.24) is 5.32 Å². The first-order valence-corrected chi connectivity index (χ1v) is 17.0. The maximum Gasteiger partial charge on any atom is 0.506 e. The summed E-state index contributed by atoms with van der Waals surface area (Å²) in [5.74, 6) is -0.541. The third kappa shape index (κ3) is 6.16. The summed E-state index contributed by atoms with van der Waals surface area (Å²) in [5, 5.41) is 32.7. The SMILES string of the molecule is CC(C)CC1CCC2C3CCC4C5COC[C@]4(C[C@@H](OC(=O)O)[C@@H]5OCC(C)NCc4ccc(CO)o4)C3=CC(=O)C2[C@@H]1C(=O)O. The molecule has 11 heteroatoms. The molecule has 4 N–H and O–H groups in total. The Balaban J connectivity index is 1.23. The largest absolute Gasteiger partial charge is 0.506 e. The van der Waals surface area contributed by atoms with Crippen LogP contribution < -0.4 is 5.32 Å². The van der Waals surface area contributed by atoms with Crippen LogP contribution in [0, 0.1) is 52.8 Å². The lowest BCUT2D eigenvalue weighted by Gasteiger charge is -2.62. The number of nitrogens with one attached hydrogen (secondary N) is 1. The van der Waals surface area contributed by atoms with Crippen molar-refractivity contribution >= 4 is 17.9 Å². The summed E-state index contributed by atoms with van der Waals surface area (Å²) in [5.41, 5.74) is 0.479. The molecule has 0 radical (unpaired) electrons. The number of rotatable bonds is 11. The number of hydrogen-bond acceptors (Lipinski definition) is 9. The number of carboxylic acid groups (broad SMARTS) is 2. The Morgan fingerprint density at radius 1 is 1.09 bits per heavy atom. The van der Waals surface area contributed by atoms with Crippen molar-refractivity contribution in [3.63, 3.8) is 0 Å². The summed E-state index contributed by atoms with van der Waals surface area (Å²) in [4.78, 5) is 38.6. The average molecular weight is 644 g/mol. The van der Waals surface area contributed by atoms with Crippen LogP contribution in [-0.2, 0) is 37.0 Å². The molecule has 5 aliphatic rings. The topological polar surface area (TPSA) is 165 Å². The van der Waals surface area contributed by atoms with Crippen LogP contribution in [0.1, 0.15) is 70.8 Å². The van der Waals surface area contributed by atoms with Crippen LogP contribution in [-0.4, -0.2) is 71.3 Å². The second-order valence-corrected chi connectivity index (χ2v) is 14.9. The van der Waals surface area contributed by atoms with Gasteiger partial charge in [-0.25, -0.2) is 4.79 Å². The minimum atomic E-state index is -1.36. The second-order valence-electron chi connectivity index (χ2n) is 14.9. The average Bonchev–Trinajstić information content (AvgIpc) is 3.47. The number of aliphatic carboxylic acids is 1. The fourth-order valence-corrected chi connectivity index (χ4v) is 10.1. The molecule has 46 heavy (non-hydrogen) atoms. The minimum Gasteiger partial charge on any atom is -0.481 e. The maximum absolute atomic E-state index is 14.0. The number of allylic oxidation sites excluding steroid dienone is 1. The molecule has 1 aromatic rings. The molecule has 2 bridgehead atoms. The summed E-state index contributed by atoms with van der Waals surface area (Å²) in [6, 6.07) is 3.46. The van der Waals surface area contributed by atoms with Crippen molar-refractivity contribution in [1.29, 1.82) is 0 Å². The number of ether oxygens (including phenoxy) is 3. The zero-order valence-electron chi connectivity index (χ0n) is 27.1. The van der Waals surface area contributed by atoms with Gasteiger partial charge >= 0.3 is 12.1 Å². The number of carbonyl (C=O) groups is 3. The van der Waals surface area contributed by atoms with Gasteiger partial charge in [-0.2, -0.15) is 0 Å². The highest BCUT2D eigenvalue weighted by molar-refractivity contribution is 5.97. The zero-order chi connectivity index (χ0) is 32.7. The molecule has 7 unspecified atom stereocenters. The summed E-state index contributed by atoms with van der Waals surface area (Å²) in [6.45, 7) is 7.61. The third-order valence-corrected chi connectivity index (χ3v) is 11.7. The summed E-state index contributed by atoms with van der Waals surface area (Å²) >= 11 is 0. The Labute approximate surface area is 270 Å². The molecule has 0 aromatic carbocycles. The molecule has 1 aliphatic heterocycles. The molecule has 0 spiro atoms. The standard InChI is InChI=1S/C35H49NO10/c1-18(2)10-20-4-7-24-23-8-9-26-25-16-43-17-35(26,27(23)11-28(38)31(24)30(20)33(39)40)12-29(46-34(41)42)32(25)44-15-19(3)36-13-21-5-6-22(14-37)45-21/h5-6,11,18-20,23-26,29-32,36-37H,4,7-10,12-17H2,1-3H3,(H,39,40)(H,41,42)/t19?,20?,23?,24?,25?,26?,29-,30-,31?,32-,35+/m1/s1. The van der Waals surface area contributed by atoms with Crippen LogP contribution in [0.2, 0.25) is 0 Å². The lowest BCUT2D eigenvalue weighted by molar-refractivity contribution is -0.218. The molecule has 6 rings (SSSR count). The zero-order valence-corrected chi connectivity index (χ0v) is 27.1. The highest BCUT2D eigenvalue weighted by Gasteiger charge is 2.64. The molecule has 2 heterocycles. The van der Waals surface area contributed by atoms with Gasteiger partial charge in [-0.15, -0.1) is 0 Å². The van der Waals surface area contributed by atoms with Crippen LogP contribution in [0.5, 0.6) is 0 Å². The maximum atomic E-state index is 14.0. The quantitative estimate of drug-likeness (QED) is 0.248. The number of aliphatic hydroxyl groups excluding tert-OH is 1. The van der Waals surface area contributed by atoms with Crippen LogP contribution in [0.4, 0.5) is 4.79 Å².